The summed E-state index contributed by atoms with van der Waals surface area (Å²) in [6.07, 6.45) is 5.29. The Labute approximate surface area is 175 Å². The summed E-state index contributed by atoms with van der Waals surface area (Å²) in [5.74, 6) is 3.33. The van der Waals surface area contributed by atoms with Gasteiger partial charge in [-0.1, -0.05) is 37.1 Å². The highest BCUT2D eigenvalue weighted by Crippen LogP contribution is 2.10. The summed E-state index contributed by atoms with van der Waals surface area (Å²) in [4.78, 5) is 9.61. The van der Waals surface area contributed by atoms with Gasteiger partial charge in [0.1, 0.15) is 0 Å². The number of rotatable bonds is 7. The maximum Gasteiger partial charge on any atom is 0.192 e. The number of terminal acetylenes is 1. The Balaban J connectivity index is 0.00000338. The lowest BCUT2D eigenvalue weighted by Crippen LogP contribution is -2.45. The van der Waals surface area contributed by atoms with E-state index in [9.17, 15) is 0 Å². The highest BCUT2D eigenvalue weighted by atomic mass is 127. The lowest BCUT2D eigenvalue weighted by atomic mass is 10.1. The molecule has 1 heterocycles. The number of aliphatic imine (C=N–C) groups is 1. The lowest BCUT2D eigenvalue weighted by Gasteiger charge is -2.34. The van der Waals surface area contributed by atoms with Crippen molar-refractivity contribution in [1.82, 2.24) is 20.4 Å². The van der Waals surface area contributed by atoms with Crippen molar-refractivity contribution < 1.29 is 0 Å². The first-order valence-electron chi connectivity index (χ1n) is 9.23. The van der Waals surface area contributed by atoms with E-state index in [0.717, 1.165) is 38.7 Å². The summed E-state index contributed by atoms with van der Waals surface area (Å²) in [7, 11) is 0. The Morgan fingerprint density at radius 3 is 2.23 bits per heavy atom. The number of hydrogen-bond donors (Lipinski definition) is 2. The Morgan fingerprint density at radius 1 is 1.04 bits per heavy atom. The van der Waals surface area contributed by atoms with E-state index in [-0.39, 0.29) is 24.0 Å². The van der Waals surface area contributed by atoms with Gasteiger partial charge in [0, 0.05) is 39.3 Å². The zero-order chi connectivity index (χ0) is 17.9. The predicted octanol–water partition coefficient (Wildman–Crippen LogP) is 2.13. The van der Waals surface area contributed by atoms with Crippen molar-refractivity contribution in [1.29, 1.82) is 0 Å². The molecule has 5 nitrogen and oxygen atoms in total. The first-order valence-corrected chi connectivity index (χ1v) is 9.23. The average Bonchev–Trinajstić information content (AvgIpc) is 2.66. The molecule has 0 aromatic heterocycles. The van der Waals surface area contributed by atoms with Crippen LogP contribution in [0.2, 0.25) is 0 Å². The molecular formula is C20H32IN5. The number of nitrogens with zero attached hydrogens (tertiary/aromatic N) is 3. The molecule has 0 radical (unpaired) electrons. The van der Waals surface area contributed by atoms with Crippen LogP contribution in [0.3, 0.4) is 0 Å². The average molecular weight is 469 g/mol. The van der Waals surface area contributed by atoms with E-state index < -0.39 is 0 Å². The van der Waals surface area contributed by atoms with Crippen molar-refractivity contribution in [2.75, 3.05) is 45.8 Å². The van der Waals surface area contributed by atoms with Crippen molar-refractivity contribution in [3.63, 3.8) is 0 Å². The van der Waals surface area contributed by atoms with Gasteiger partial charge in [-0.15, -0.1) is 30.4 Å². The fraction of sp³-hybridized carbons (Fsp3) is 0.550. The summed E-state index contributed by atoms with van der Waals surface area (Å²) < 4.78 is 0. The Bertz CT molecular complexity index is 571. The molecule has 26 heavy (non-hydrogen) atoms. The van der Waals surface area contributed by atoms with Crippen LogP contribution < -0.4 is 10.6 Å². The first kappa shape index (κ1) is 22.7. The number of piperazine rings is 1. The summed E-state index contributed by atoms with van der Waals surface area (Å²) in [6.45, 7) is 13.1. The van der Waals surface area contributed by atoms with Gasteiger partial charge >= 0.3 is 0 Å². The van der Waals surface area contributed by atoms with Crippen LogP contribution in [-0.4, -0.2) is 61.6 Å². The molecule has 0 amide bonds. The van der Waals surface area contributed by atoms with Crippen molar-refractivity contribution >= 4 is 29.9 Å². The van der Waals surface area contributed by atoms with Crippen LogP contribution in [0.1, 0.15) is 25.0 Å². The fourth-order valence-electron chi connectivity index (χ4n) is 2.92. The molecule has 0 aliphatic carbocycles. The maximum atomic E-state index is 5.29. The topological polar surface area (TPSA) is 42.9 Å². The molecule has 144 valence electrons. The molecule has 0 spiro atoms. The molecule has 0 unspecified atom stereocenters. The molecule has 1 aliphatic heterocycles. The molecular weight excluding hydrogens is 437 g/mol. The van der Waals surface area contributed by atoms with E-state index in [1.54, 1.807) is 0 Å². The minimum absolute atomic E-state index is 0. The third-order valence-electron chi connectivity index (χ3n) is 4.46. The molecule has 0 bridgehead atoms. The van der Waals surface area contributed by atoms with E-state index in [2.05, 4.69) is 62.5 Å². The smallest absolute Gasteiger partial charge is 0.192 e. The van der Waals surface area contributed by atoms with Gasteiger partial charge in [0.05, 0.1) is 13.1 Å². The van der Waals surface area contributed by atoms with Gasteiger partial charge in [0.25, 0.3) is 0 Å². The fourth-order valence-corrected chi connectivity index (χ4v) is 2.92. The van der Waals surface area contributed by atoms with Crippen LogP contribution in [0.25, 0.3) is 0 Å². The minimum atomic E-state index is 0. The van der Waals surface area contributed by atoms with Gasteiger partial charge in [0.15, 0.2) is 5.96 Å². The molecule has 2 N–H and O–H groups in total. The number of likely N-dealkylation sites (N-methyl/N-ethyl adjacent to an activating group) is 1. The van der Waals surface area contributed by atoms with Gasteiger partial charge in [-0.2, -0.15) is 0 Å². The summed E-state index contributed by atoms with van der Waals surface area (Å²) in [5.41, 5.74) is 2.58. The Morgan fingerprint density at radius 2 is 1.65 bits per heavy atom. The monoisotopic (exact) mass is 469 g/mol. The Hall–Kier alpha value is -1.30. The van der Waals surface area contributed by atoms with E-state index in [0.29, 0.717) is 13.1 Å². The standard InChI is InChI=1S/C20H31N5.HI/c1-4-11-22-20(21-5-2)23-16-18-7-9-19(10-8-18)17-25-14-12-24(6-3)13-15-25;/h1,7-10H,5-6,11-17H2,2-3H3,(H2,21,22,23);1H. The molecule has 1 aromatic rings. The van der Waals surface area contributed by atoms with Crippen molar-refractivity contribution in [3.8, 4) is 12.3 Å². The van der Waals surface area contributed by atoms with Crippen LogP contribution in [0.4, 0.5) is 0 Å². The van der Waals surface area contributed by atoms with E-state index in [4.69, 9.17) is 6.42 Å². The third-order valence-corrected chi connectivity index (χ3v) is 4.46. The predicted molar refractivity (Wildman–Crippen MR) is 121 cm³/mol. The van der Waals surface area contributed by atoms with Gasteiger partial charge in [-0.05, 0) is 24.6 Å². The summed E-state index contributed by atoms with van der Waals surface area (Å²) in [6, 6.07) is 8.79. The van der Waals surface area contributed by atoms with Crippen molar-refractivity contribution in [2.45, 2.75) is 26.9 Å². The quantitative estimate of drug-likeness (QED) is 0.278. The van der Waals surface area contributed by atoms with Crippen molar-refractivity contribution in [2.24, 2.45) is 4.99 Å². The first-order chi connectivity index (χ1) is 12.2. The number of halogens is 1. The second kappa shape index (κ2) is 13.0. The number of nitrogens with one attached hydrogen (secondary N) is 2. The minimum Gasteiger partial charge on any atom is -0.357 e. The number of benzene rings is 1. The second-order valence-corrected chi connectivity index (χ2v) is 6.28. The molecule has 0 saturated carbocycles. The van der Waals surface area contributed by atoms with Crippen LogP contribution >= 0.6 is 24.0 Å². The maximum absolute atomic E-state index is 5.29. The van der Waals surface area contributed by atoms with Crippen LogP contribution in [-0.2, 0) is 13.1 Å². The number of hydrogen-bond acceptors (Lipinski definition) is 3. The van der Waals surface area contributed by atoms with Crippen LogP contribution in [0, 0.1) is 12.3 Å². The molecule has 1 aliphatic rings. The largest absolute Gasteiger partial charge is 0.357 e. The highest BCUT2D eigenvalue weighted by molar-refractivity contribution is 14.0. The molecule has 0 atom stereocenters. The van der Waals surface area contributed by atoms with Gasteiger partial charge in [-0.3, -0.25) is 4.90 Å². The van der Waals surface area contributed by atoms with E-state index >= 15 is 0 Å². The third kappa shape index (κ3) is 7.94. The summed E-state index contributed by atoms with van der Waals surface area (Å²) in [5, 5.41) is 6.30. The van der Waals surface area contributed by atoms with E-state index in [1.165, 1.54) is 24.2 Å². The molecule has 6 heteroatoms. The van der Waals surface area contributed by atoms with Crippen LogP contribution in [0.15, 0.2) is 29.3 Å². The normalized spacial score (nSPS) is 15.8. The molecule has 1 saturated heterocycles. The van der Waals surface area contributed by atoms with Gasteiger partial charge in [0.2, 0.25) is 0 Å². The van der Waals surface area contributed by atoms with E-state index in [1.807, 2.05) is 6.92 Å². The lowest BCUT2D eigenvalue weighted by molar-refractivity contribution is 0.132. The second-order valence-electron chi connectivity index (χ2n) is 6.28. The summed E-state index contributed by atoms with van der Waals surface area (Å²) >= 11 is 0. The zero-order valence-corrected chi connectivity index (χ0v) is 18.3. The van der Waals surface area contributed by atoms with Gasteiger partial charge < -0.3 is 15.5 Å². The zero-order valence-electron chi connectivity index (χ0n) is 16.0. The number of guanidine groups is 1. The molecule has 1 aromatic carbocycles. The van der Waals surface area contributed by atoms with Crippen LogP contribution in [0.5, 0.6) is 0 Å². The molecule has 1 fully saturated rings. The highest BCUT2D eigenvalue weighted by Gasteiger charge is 2.15. The van der Waals surface area contributed by atoms with Crippen molar-refractivity contribution in [3.05, 3.63) is 35.4 Å². The molecule has 2 rings (SSSR count). The SMILES string of the molecule is C#CCNC(=NCc1ccc(CN2CCN(CC)CC2)cc1)NCC.I. The van der Waals surface area contributed by atoms with Gasteiger partial charge in [-0.25, -0.2) is 4.99 Å². The Kier molecular flexibility index (Phi) is 11.3.